The maximum atomic E-state index is 5.69. The lowest BCUT2D eigenvalue weighted by molar-refractivity contribution is 0.306. The number of hydrogen-bond donors (Lipinski definition) is 0. The molecule has 0 N–H and O–H groups in total. The van der Waals surface area contributed by atoms with Gasteiger partial charge in [-0.3, -0.25) is 4.99 Å². The molecule has 0 radical (unpaired) electrons. The van der Waals surface area contributed by atoms with Crippen LogP contribution in [-0.2, 0) is 0 Å². The van der Waals surface area contributed by atoms with Crippen molar-refractivity contribution >= 4 is 11.9 Å². The Labute approximate surface area is 132 Å². The number of terminal acetylenes is 1. The fraction of sp³-hybridized carbons (Fsp3) is 0.250. The second kappa shape index (κ2) is 8.69. The highest BCUT2D eigenvalue weighted by atomic mass is 16.5. The first-order valence-corrected chi connectivity index (χ1v) is 7.65. The molecule has 2 aromatic rings. The van der Waals surface area contributed by atoms with Gasteiger partial charge in [-0.15, -0.1) is 6.42 Å². The fourth-order valence-electron chi connectivity index (χ4n) is 1.98. The van der Waals surface area contributed by atoms with Crippen LogP contribution >= 0.6 is 0 Å². The molecule has 0 aromatic heterocycles. The van der Waals surface area contributed by atoms with Crippen molar-refractivity contribution in [3.05, 3.63) is 59.7 Å². The molecule has 2 nitrogen and oxygen atoms in total. The number of aliphatic imine (C=N–C) groups is 1. The summed E-state index contributed by atoms with van der Waals surface area (Å²) < 4.78 is 5.69. The van der Waals surface area contributed by atoms with E-state index in [-0.39, 0.29) is 0 Å². The van der Waals surface area contributed by atoms with Gasteiger partial charge in [0, 0.05) is 11.8 Å². The van der Waals surface area contributed by atoms with Crippen LogP contribution in [0.2, 0.25) is 0 Å². The Morgan fingerprint density at radius 2 is 1.77 bits per heavy atom. The van der Waals surface area contributed by atoms with Crippen LogP contribution in [0.5, 0.6) is 5.75 Å². The van der Waals surface area contributed by atoms with Crippen LogP contribution in [0.1, 0.15) is 37.3 Å². The van der Waals surface area contributed by atoms with Crippen molar-refractivity contribution in [2.45, 2.75) is 26.2 Å². The summed E-state index contributed by atoms with van der Waals surface area (Å²) in [7, 11) is 0. The monoisotopic (exact) mass is 291 g/mol. The quantitative estimate of drug-likeness (QED) is 0.400. The minimum Gasteiger partial charge on any atom is -0.494 e. The minimum atomic E-state index is 0.781. The van der Waals surface area contributed by atoms with E-state index in [1.807, 2.05) is 54.7 Å². The third-order valence-corrected chi connectivity index (χ3v) is 3.29. The largest absolute Gasteiger partial charge is 0.494 e. The van der Waals surface area contributed by atoms with Crippen LogP contribution in [0, 0.1) is 12.3 Å². The van der Waals surface area contributed by atoms with Gasteiger partial charge in [0.1, 0.15) is 5.75 Å². The van der Waals surface area contributed by atoms with Gasteiger partial charge in [0.2, 0.25) is 0 Å². The third kappa shape index (κ3) is 5.10. The summed E-state index contributed by atoms with van der Waals surface area (Å²) in [6.07, 6.45) is 10.7. The number of unbranched alkanes of at least 4 members (excludes halogenated alkanes) is 2. The molecule has 0 unspecified atom stereocenters. The van der Waals surface area contributed by atoms with Crippen LogP contribution in [0.15, 0.2) is 53.5 Å². The van der Waals surface area contributed by atoms with E-state index in [1.54, 1.807) is 0 Å². The standard InChI is InChI=1S/C20H21NO/c1-3-5-6-15-22-20-13-9-18(10-14-20)16-21-19-11-7-17(4-2)8-12-19/h2,7-14,16H,3,5-6,15H2,1H3. The summed E-state index contributed by atoms with van der Waals surface area (Å²) >= 11 is 0. The number of rotatable bonds is 7. The number of hydrogen-bond acceptors (Lipinski definition) is 2. The predicted molar refractivity (Wildman–Crippen MR) is 93.1 cm³/mol. The van der Waals surface area contributed by atoms with Crippen LogP contribution < -0.4 is 4.74 Å². The maximum Gasteiger partial charge on any atom is 0.119 e. The molecular formula is C20H21NO. The normalized spacial score (nSPS) is 10.5. The topological polar surface area (TPSA) is 21.6 Å². The zero-order chi connectivity index (χ0) is 15.6. The number of ether oxygens (including phenoxy) is 1. The molecule has 0 saturated carbocycles. The average Bonchev–Trinajstić information content (AvgIpc) is 2.58. The van der Waals surface area contributed by atoms with Gasteiger partial charge in [-0.1, -0.05) is 25.7 Å². The molecule has 2 heteroatoms. The zero-order valence-electron chi connectivity index (χ0n) is 13.0. The summed E-state index contributed by atoms with van der Waals surface area (Å²) in [4.78, 5) is 4.43. The zero-order valence-corrected chi connectivity index (χ0v) is 13.0. The highest BCUT2D eigenvalue weighted by Crippen LogP contribution is 2.15. The molecule has 112 valence electrons. The summed E-state index contributed by atoms with van der Waals surface area (Å²) in [6, 6.07) is 15.6. The van der Waals surface area contributed by atoms with Gasteiger partial charge >= 0.3 is 0 Å². The van der Waals surface area contributed by atoms with Crippen molar-refractivity contribution in [2.75, 3.05) is 6.61 Å². The van der Waals surface area contributed by atoms with Crippen LogP contribution in [-0.4, -0.2) is 12.8 Å². The van der Waals surface area contributed by atoms with Crippen LogP contribution in [0.4, 0.5) is 5.69 Å². The molecule has 0 aliphatic rings. The van der Waals surface area contributed by atoms with E-state index < -0.39 is 0 Å². The van der Waals surface area contributed by atoms with Gasteiger partial charge in [0.05, 0.1) is 12.3 Å². The smallest absolute Gasteiger partial charge is 0.119 e. The summed E-state index contributed by atoms with van der Waals surface area (Å²) in [6.45, 7) is 2.97. The first-order valence-electron chi connectivity index (χ1n) is 7.65. The Balaban J connectivity index is 1.90. The number of nitrogens with zero attached hydrogens (tertiary/aromatic N) is 1. The Morgan fingerprint density at radius 3 is 2.41 bits per heavy atom. The summed E-state index contributed by atoms with van der Waals surface area (Å²) in [5.41, 5.74) is 2.80. The SMILES string of the molecule is C#Cc1ccc(N=Cc2ccc(OCCCCC)cc2)cc1. The van der Waals surface area contributed by atoms with Gasteiger partial charge in [-0.25, -0.2) is 0 Å². The second-order valence-electron chi connectivity index (χ2n) is 5.07. The molecule has 0 aliphatic carbocycles. The van der Waals surface area contributed by atoms with E-state index in [0.717, 1.165) is 35.6 Å². The molecule has 22 heavy (non-hydrogen) atoms. The Bertz CT molecular complexity index is 633. The molecule has 2 aromatic carbocycles. The molecule has 0 spiro atoms. The second-order valence-corrected chi connectivity index (χ2v) is 5.07. The van der Waals surface area contributed by atoms with Gasteiger partial charge in [0.25, 0.3) is 0 Å². The Morgan fingerprint density at radius 1 is 1.05 bits per heavy atom. The van der Waals surface area contributed by atoms with Crippen LogP contribution in [0.3, 0.4) is 0 Å². The molecule has 0 fully saturated rings. The maximum absolute atomic E-state index is 5.69. The van der Waals surface area contributed by atoms with Crippen molar-refractivity contribution in [1.29, 1.82) is 0 Å². The lowest BCUT2D eigenvalue weighted by atomic mass is 10.2. The highest BCUT2D eigenvalue weighted by molar-refractivity contribution is 5.82. The van der Waals surface area contributed by atoms with E-state index in [4.69, 9.17) is 11.2 Å². The van der Waals surface area contributed by atoms with Crippen molar-refractivity contribution < 1.29 is 4.74 Å². The summed E-state index contributed by atoms with van der Waals surface area (Å²) in [5, 5.41) is 0. The van der Waals surface area contributed by atoms with Gasteiger partial charge in [0.15, 0.2) is 0 Å². The molecular weight excluding hydrogens is 270 g/mol. The molecule has 0 bridgehead atoms. The van der Waals surface area contributed by atoms with Gasteiger partial charge in [-0.2, -0.15) is 0 Å². The van der Waals surface area contributed by atoms with Gasteiger partial charge in [-0.05, 0) is 60.5 Å². The van der Waals surface area contributed by atoms with E-state index in [2.05, 4.69) is 17.8 Å². The molecule has 0 atom stereocenters. The molecule has 0 aliphatic heterocycles. The first-order chi connectivity index (χ1) is 10.8. The van der Waals surface area contributed by atoms with Crippen molar-refractivity contribution in [2.24, 2.45) is 4.99 Å². The molecule has 0 heterocycles. The molecule has 2 rings (SSSR count). The molecule has 0 saturated heterocycles. The first kappa shape index (κ1) is 15.9. The van der Waals surface area contributed by atoms with E-state index in [0.29, 0.717) is 0 Å². The Kier molecular flexibility index (Phi) is 6.26. The fourth-order valence-corrected chi connectivity index (χ4v) is 1.98. The van der Waals surface area contributed by atoms with Crippen molar-refractivity contribution in [3.8, 4) is 18.1 Å². The highest BCUT2D eigenvalue weighted by Gasteiger charge is 1.95. The van der Waals surface area contributed by atoms with Crippen molar-refractivity contribution in [1.82, 2.24) is 0 Å². The van der Waals surface area contributed by atoms with Crippen LogP contribution in [0.25, 0.3) is 0 Å². The van der Waals surface area contributed by atoms with E-state index in [1.165, 1.54) is 12.8 Å². The van der Waals surface area contributed by atoms with Gasteiger partial charge < -0.3 is 4.74 Å². The third-order valence-electron chi connectivity index (χ3n) is 3.29. The Hall–Kier alpha value is -2.53. The average molecular weight is 291 g/mol. The lowest BCUT2D eigenvalue weighted by Crippen LogP contribution is -1.96. The summed E-state index contributed by atoms with van der Waals surface area (Å²) in [5.74, 6) is 3.50. The molecule has 0 amide bonds. The predicted octanol–water partition coefficient (Wildman–Crippen LogP) is 4.99. The van der Waals surface area contributed by atoms with Crippen molar-refractivity contribution in [3.63, 3.8) is 0 Å². The van der Waals surface area contributed by atoms with E-state index in [9.17, 15) is 0 Å². The lowest BCUT2D eigenvalue weighted by Gasteiger charge is -2.05. The minimum absolute atomic E-state index is 0.781. The number of benzene rings is 2. The van der Waals surface area contributed by atoms with E-state index >= 15 is 0 Å².